The van der Waals surface area contributed by atoms with Crippen LogP contribution in [0.5, 0.6) is 0 Å². The number of carboxylic acid groups (broad SMARTS) is 1. The van der Waals surface area contributed by atoms with Crippen molar-refractivity contribution in [2.75, 3.05) is 31.7 Å². The summed E-state index contributed by atoms with van der Waals surface area (Å²) in [6.07, 6.45) is 0.766. The number of carboxylic acids is 1. The van der Waals surface area contributed by atoms with Crippen molar-refractivity contribution in [2.45, 2.75) is 6.42 Å². The second kappa shape index (κ2) is 7.53. The molecule has 0 saturated carbocycles. The molecule has 3 N–H and O–H groups in total. The molecular weight excluding hydrogens is 226 g/mol. The summed E-state index contributed by atoms with van der Waals surface area (Å²) < 4.78 is 5.07. The summed E-state index contributed by atoms with van der Waals surface area (Å²) in [5, 5.41) is 27.3. The van der Waals surface area contributed by atoms with Gasteiger partial charge in [-0.05, 0) is 18.6 Å². The molecule has 0 aromatic carbocycles. The maximum atomic E-state index is 10.5. The van der Waals surface area contributed by atoms with Gasteiger partial charge in [-0.2, -0.15) is 0 Å². The number of nitrogens with one attached hydrogen (secondary N) is 1. The summed E-state index contributed by atoms with van der Waals surface area (Å²) in [4.78, 5) is 10.5. The monoisotopic (exact) mass is 241 g/mol. The van der Waals surface area contributed by atoms with E-state index >= 15 is 0 Å². The Kier molecular flexibility index (Phi) is 5.91. The Morgan fingerprint density at radius 1 is 1.35 bits per heavy atom. The molecule has 17 heavy (non-hydrogen) atoms. The van der Waals surface area contributed by atoms with Gasteiger partial charge in [0.15, 0.2) is 5.69 Å². The third-order valence-corrected chi connectivity index (χ3v) is 1.89. The Morgan fingerprint density at radius 3 is 2.76 bits per heavy atom. The van der Waals surface area contributed by atoms with Gasteiger partial charge in [-0.3, -0.25) is 0 Å². The number of aromatic nitrogens is 2. The molecule has 0 aliphatic carbocycles. The van der Waals surface area contributed by atoms with Crippen LogP contribution in [0.15, 0.2) is 12.1 Å². The molecule has 0 spiro atoms. The number of carbonyl (C=O) groups is 1. The molecule has 0 unspecified atom stereocenters. The minimum atomic E-state index is -1.10. The first kappa shape index (κ1) is 13.3. The smallest absolute Gasteiger partial charge is 0.356 e. The van der Waals surface area contributed by atoms with E-state index in [4.69, 9.17) is 14.9 Å². The molecule has 1 rings (SSSR count). The maximum absolute atomic E-state index is 10.5. The molecule has 1 heterocycles. The van der Waals surface area contributed by atoms with Gasteiger partial charge in [-0.15, -0.1) is 10.2 Å². The molecule has 0 aliphatic heterocycles. The Morgan fingerprint density at radius 2 is 2.18 bits per heavy atom. The number of anilines is 1. The predicted molar refractivity (Wildman–Crippen MR) is 60.0 cm³/mol. The van der Waals surface area contributed by atoms with Gasteiger partial charge in [0.1, 0.15) is 5.82 Å². The molecule has 1 aromatic heterocycles. The third kappa shape index (κ3) is 5.23. The number of aromatic carboxylic acids is 1. The Labute approximate surface area is 98.4 Å². The number of aliphatic hydroxyl groups excluding tert-OH is 1. The first-order chi connectivity index (χ1) is 8.24. The van der Waals surface area contributed by atoms with Crippen LogP contribution < -0.4 is 5.32 Å². The first-order valence-corrected chi connectivity index (χ1v) is 5.23. The average molecular weight is 241 g/mol. The number of hydrogen-bond donors (Lipinski definition) is 3. The largest absolute Gasteiger partial charge is 0.476 e. The average Bonchev–Trinajstić information content (AvgIpc) is 2.34. The second-order valence-electron chi connectivity index (χ2n) is 3.23. The summed E-state index contributed by atoms with van der Waals surface area (Å²) in [6.45, 7) is 1.56. The van der Waals surface area contributed by atoms with E-state index in [0.29, 0.717) is 25.6 Å². The minimum Gasteiger partial charge on any atom is -0.476 e. The van der Waals surface area contributed by atoms with E-state index in [2.05, 4.69) is 15.5 Å². The van der Waals surface area contributed by atoms with E-state index in [1.165, 1.54) is 6.07 Å². The molecule has 0 amide bonds. The van der Waals surface area contributed by atoms with Gasteiger partial charge in [0.25, 0.3) is 0 Å². The standard InChI is InChI=1S/C10H15N3O4/c14-5-7-17-6-1-4-11-9-3-2-8(10(15)16)12-13-9/h2-3,14H,1,4-7H2,(H,11,13)(H,15,16). The zero-order valence-electron chi connectivity index (χ0n) is 9.30. The van der Waals surface area contributed by atoms with Crippen molar-refractivity contribution in [1.82, 2.24) is 10.2 Å². The molecule has 0 radical (unpaired) electrons. The molecule has 7 nitrogen and oxygen atoms in total. The summed E-state index contributed by atoms with van der Waals surface area (Å²) in [6, 6.07) is 2.95. The minimum absolute atomic E-state index is 0.0234. The van der Waals surface area contributed by atoms with Crippen molar-refractivity contribution in [2.24, 2.45) is 0 Å². The second-order valence-corrected chi connectivity index (χ2v) is 3.23. The van der Waals surface area contributed by atoms with Crippen LogP contribution in [0.3, 0.4) is 0 Å². The van der Waals surface area contributed by atoms with Crippen LogP contribution in [-0.2, 0) is 4.74 Å². The van der Waals surface area contributed by atoms with E-state index in [1.807, 2.05) is 0 Å². The van der Waals surface area contributed by atoms with Crippen molar-refractivity contribution in [3.8, 4) is 0 Å². The van der Waals surface area contributed by atoms with E-state index in [-0.39, 0.29) is 12.3 Å². The highest BCUT2D eigenvalue weighted by atomic mass is 16.5. The van der Waals surface area contributed by atoms with Gasteiger partial charge in [0, 0.05) is 13.2 Å². The molecule has 0 fully saturated rings. The molecule has 0 saturated heterocycles. The van der Waals surface area contributed by atoms with E-state index in [1.54, 1.807) is 6.07 Å². The van der Waals surface area contributed by atoms with E-state index < -0.39 is 5.97 Å². The van der Waals surface area contributed by atoms with Gasteiger partial charge in [-0.25, -0.2) is 4.79 Å². The predicted octanol–water partition coefficient (Wildman–Crippen LogP) is -0.0143. The van der Waals surface area contributed by atoms with Crippen molar-refractivity contribution >= 4 is 11.8 Å². The van der Waals surface area contributed by atoms with Crippen molar-refractivity contribution in [1.29, 1.82) is 0 Å². The summed E-state index contributed by atoms with van der Waals surface area (Å²) in [5.74, 6) is -0.571. The molecule has 0 bridgehead atoms. The van der Waals surface area contributed by atoms with Crippen LogP contribution in [0.25, 0.3) is 0 Å². The summed E-state index contributed by atoms with van der Waals surface area (Å²) in [7, 11) is 0. The lowest BCUT2D eigenvalue weighted by Crippen LogP contribution is -2.10. The number of ether oxygens (including phenoxy) is 1. The quantitative estimate of drug-likeness (QED) is 0.549. The number of aliphatic hydroxyl groups is 1. The molecular formula is C10H15N3O4. The molecule has 7 heteroatoms. The lowest BCUT2D eigenvalue weighted by atomic mass is 10.4. The van der Waals surface area contributed by atoms with Crippen LogP contribution >= 0.6 is 0 Å². The zero-order chi connectivity index (χ0) is 12.5. The molecule has 0 aliphatic rings. The van der Waals surface area contributed by atoms with E-state index in [9.17, 15) is 4.79 Å². The molecule has 0 atom stereocenters. The SMILES string of the molecule is O=C(O)c1ccc(NCCCOCCO)nn1. The lowest BCUT2D eigenvalue weighted by Gasteiger charge is -2.05. The molecule has 1 aromatic rings. The van der Waals surface area contributed by atoms with E-state index in [0.717, 1.165) is 6.42 Å². The van der Waals surface area contributed by atoms with Crippen LogP contribution in [0, 0.1) is 0 Å². The number of nitrogens with zero attached hydrogens (tertiary/aromatic N) is 2. The van der Waals surface area contributed by atoms with Gasteiger partial charge in [0.2, 0.25) is 0 Å². The van der Waals surface area contributed by atoms with Crippen LogP contribution in [0.1, 0.15) is 16.9 Å². The zero-order valence-corrected chi connectivity index (χ0v) is 9.30. The number of hydrogen-bond acceptors (Lipinski definition) is 6. The third-order valence-electron chi connectivity index (χ3n) is 1.89. The first-order valence-electron chi connectivity index (χ1n) is 5.23. The van der Waals surface area contributed by atoms with Gasteiger partial charge in [0.05, 0.1) is 13.2 Å². The van der Waals surface area contributed by atoms with Crippen LogP contribution in [0.4, 0.5) is 5.82 Å². The Balaban J connectivity index is 2.21. The van der Waals surface area contributed by atoms with Crippen molar-refractivity contribution in [3.63, 3.8) is 0 Å². The summed E-state index contributed by atoms with van der Waals surface area (Å²) in [5.41, 5.74) is -0.0816. The molecule has 94 valence electrons. The van der Waals surface area contributed by atoms with Crippen LogP contribution in [0.2, 0.25) is 0 Å². The number of rotatable bonds is 8. The Hall–Kier alpha value is -1.73. The van der Waals surface area contributed by atoms with Crippen molar-refractivity contribution in [3.05, 3.63) is 17.8 Å². The fraction of sp³-hybridized carbons (Fsp3) is 0.500. The maximum Gasteiger partial charge on any atom is 0.356 e. The fourth-order valence-corrected chi connectivity index (χ4v) is 1.10. The highest BCUT2D eigenvalue weighted by molar-refractivity contribution is 5.85. The Bertz CT molecular complexity index is 342. The topological polar surface area (TPSA) is 105 Å². The highest BCUT2D eigenvalue weighted by Crippen LogP contribution is 2.01. The van der Waals surface area contributed by atoms with Gasteiger partial charge >= 0.3 is 5.97 Å². The fourth-order valence-electron chi connectivity index (χ4n) is 1.10. The highest BCUT2D eigenvalue weighted by Gasteiger charge is 2.04. The summed E-state index contributed by atoms with van der Waals surface area (Å²) >= 11 is 0. The lowest BCUT2D eigenvalue weighted by molar-refractivity contribution is 0.0689. The van der Waals surface area contributed by atoms with Gasteiger partial charge < -0.3 is 20.3 Å². The van der Waals surface area contributed by atoms with Crippen LogP contribution in [-0.4, -0.2) is 52.7 Å². The van der Waals surface area contributed by atoms with Crippen molar-refractivity contribution < 1.29 is 19.7 Å². The normalized spacial score (nSPS) is 10.2. The van der Waals surface area contributed by atoms with Gasteiger partial charge in [-0.1, -0.05) is 0 Å².